The molecular weight excluding hydrogens is 599 g/mol. The molecule has 0 spiro atoms. The predicted molar refractivity (Wildman–Crippen MR) is 170 cm³/mol. The first-order chi connectivity index (χ1) is 21.9. The smallest absolute Gasteiger partial charge is 0.382 e. The van der Waals surface area contributed by atoms with Crippen LogP contribution in [0.1, 0.15) is 29.7 Å². The van der Waals surface area contributed by atoms with Crippen LogP contribution >= 0.6 is 0 Å². The molecule has 5 N–H and O–H groups in total. The van der Waals surface area contributed by atoms with Crippen LogP contribution in [0.5, 0.6) is 0 Å². The summed E-state index contributed by atoms with van der Waals surface area (Å²) in [4.78, 5) is 34.4. The summed E-state index contributed by atoms with van der Waals surface area (Å²) in [6.45, 7) is 3.16. The fourth-order valence-corrected chi connectivity index (χ4v) is 6.04. The number of likely N-dealkylation sites (N-methyl/N-ethyl adjacent to an activating group) is 2. The number of carbonyl (C=O) groups excluding carboxylic acids is 2. The summed E-state index contributed by atoms with van der Waals surface area (Å²) in [5.74, 6) is 0.198. The Balaban J connectivity index is 1.20. The minimum Gasteiger partial charge on any atom is -0.382 e. The lowest BCUT2D eigenvalue weighted by atomic mass is 9.95. The second-order valence-corrected chi connectivity index (χ2v) is 12.0. The van der Waals surface area contributed by atoms with Crippen LogP contribution in [0.3, 0.4) is 0 Å². The molecule has 0 radical (unpaired) electrons. The van der Waals surface area contributed by atoms with E-state index in [1.165, 1.54) is 12.1 Å². The molecule has 46 heavy (non-hydrogen) atoms. The number of nitrogens with one attached hydrogen (secondary N) is 3. The highest BCUT2D eigenvalue weighted by atomic mass is 19.4. The zero-order valence-corrected chi connectivity index (χ0v) is 25.8. The fraction of sp³-hybridized carbons (Fsp3) is 0.375. The van der Waals surface area contributed by atoms with Crippen molar-refractivity contribution in [3.8, 4) is 11.1 Å². The Morgan fingerprint density at radius 1 is 0.957 bits per heavy atom. The monoisotopic (exact) mass is 635 g/mol. The number of nitrogens with two attached hydrogens (primary N) is 1. The maximum Gasteiger partial charge on any atom is 0.416 e. The van der Waals surface area contributed by atoms with Crippen LogP contribution in [0.4, 0.5) is 35.2 Å². The number of carbonyl (C=O) groups is 2. The second kappa shape index (κ2) is 11.9. The van der Waals surface area contributed by atoms with E-state index in [9.17, 15) is 22.8 Å². The van der Waals surface area contributed by atoms with Crippen molar-refractivity contribution in [2.24, 2.45) is 7.05 Å². The molecule has 1 saturated carbocycles. The van der Waals surface area contributed by atoms with Crippen molar-refractivity contribution in [2.45, 2.75) is 31.0 Å². The standard InChI is InChI=1S/C32H36F3N9O2/c1-37-29(45)31(10-11-31)25-17-23(26-27(36)41-43(3)28(26)40-25)19-4-7-21(8-5-19)38-30(46)39-22-9-6-20(24(16-22)32(33,34)35)18-44-14-12-42(2)13-15-44/h4-9,16-17H,10-15,18H2,1-3H3,(H2,36,41)(H,37,45)(H2,38,39,46). The van der Waals surface area contributed by atoms with Crippen LogP contribution in [-0.2, 0) is 30.0 Å². The van der Waals surface area contributed by atoms with Crippen molar-refractivity contribution in [3.05, 3.63) is 65.4 Å². The number of amides is 3. The number of alkyl halides is 3. The van der Waals surface area contributed by atoms with E-state index in [1.54, 1.807) is 43.0 Å². The van der Waals surface area contributed by atoms with Crippen LogP contribution in [0.25, 0.3) is 22.2 Å². The number of fused-ring (bicyclic) bond motifs is 1. The largest absolute Gasteiger partial charge is 0.416 e. The molecule has 11 nitrogen and oxygen atoms in total. The zero-order valence-electron chi connectivity index (χ0n) is 25.8. The van der Waals surface area contributed by atoms with Gasteiger partial charge in [-0.25, -0.2) is 14.5 Å². The molecule has 2 aliphatic rings. The number of hydrogen-bond acceptors (Lipinski definition) is 7. The number of rotatable bonds is 7. The lowest BCUT2D eigenvalue weighted by molar-refractivity contribution is -0.138. The summed E-state index contributed by atoms with van der Waals surface area (Å²) in [5, 5.41) is 12.9. The molecule has 1 aliphatic carbocycles. The van der Waals surface area contributed by atoms with Crippen molar-refractivity contribution in [2.75, 3.05) is 56.6 Å². The van der Waals surface area contributed by atoms with Gasteiger partial charge in [0.15, 0.2) is 11.5 Å². The van der Waals surface area contributed by atoms with Crippen LogP contribution < -0.4 is 21.7 Å². The van der Waals surface area contributed by atoms with Gasteiger partial charge in [-0.05, 0) is 66.9 Å². The van der Waals surface area contributed by atoms with E-state index in [0.717, 1.165) is 30.3 Å². The molecule has 242 valence electrons. The summed E-state index contributed by atoms with van der Waals surface area (Å²) < 4.78 is 43.6. The van der Waals surface area contributed by atoms with Gasteiger partial charge in [0.2, 0.25) is 5.91 Å². The fourth-order valence-electron chi connectivity index (χ4n) is 6.04. The number of anilines is 3. The van der Waals surface area contributed by atoms with E-state index in [4.69, 9.17) is 10.7 Å². The minimum atomic E-state index is -4.57. The molecule has 6 rings (SSSR count). The average Bonchev–Trinajstić information content (AvgIpc) is 3.78. The Bertz CT molecular complexity index is 1790. The number of urea groups is 1. The summed E-state index contributed by atoms with van der Waals surface area (Å²) in [6, 6.07) is 12.0. The number of nitrogens with zero attached hydrogens (tertiary/aromatic N) is 5. The third-order valence-corrected chi connectivity index (χ3v) is 8.84. The van der Waals surface area contributed by atoms with Gasteiger partial charge in [-0.2, -0.15) is 18.3 Å². The normalized spacial score (nSPS) is 16.7. The van der Waals surface area contributed by atoms with Crippen molar-refractivity contribution in [3.63, 3.8) is 0 Å². The van der Waals surface area contributed by atoms with E-state index >= 15 is 0 Å². The maximum atomic E-state index is 14.0. The van der Waals surface area contributed by atoms with E-state index in [2.05, 4.69) is 25.9 Å². The number of halogens is 3. The van der Waals surface area contributed by atoms with Gasteiger partial charge in [-0.15, -0.1) is 0 Å². The van der Waals surface area contributed by atoms with Gasteiger partial charge in [0.25, 0.3) is 0 Å². The first-order valence-electron chi connectivity index (χ1n) is 15.0. The van der Waals surface area contributed by atoms with Gasteiger partial charge in [0, 0.05) is 58.2 Å². The molecule has 1 saturated heterocycles. The number of hydrogen-bond donors (Lipinski definition) is 4. The van der Waals surface area contributed by atoms with Gasteiger partial charge in [-0.1, -0.05) is 18.2 Å². The maximum absolute atomic E-state index is 14.0. The molecule has 1 aliphatic heterocycles. The Morgan fingerprint density at radius 3 is 2.24 bits per heavy atom. The number of piperazine rings is 1. The minimum absolute atomic E-state index is 0.0347. The van der Waals surface area contributed by atoms with Gasteiger partial charge >= 0.3 is 12.2 Å². The summed E-state index contributed by atoms with van der Waals surface area (Å²) in [6.07, 6.45) is -3.21. The molecule has 14 heteroatoms. The van der Waals surface area contributed by atoms with Crippen molar-refractivity contribution >= 4 is 40.2 Å². The summed E-state index contributed by atoms with van der Waals surface area (Å²) in [5.41, 5.74) is 8.10. The highest BCUT2D eigenvalue weighted by molar-refractivity contribution is 6.03. The number of nitrogen functional groups attached to an aromatic ring is 1. The van der Waals surface area contributed by atoms with Crippen LogP contribution in [0, 0.1) is 0 Å². The van der Waals surface area contributed by atoms with Crippen molar-refractivity contribution in [1.29, 1.82) is 0 Å². The van der Waals surface area contributed by atoms with Crippen LogP contribution in [-0.4, -0.2) is 76.8 Å². The molecule has 3 heterocycles. The third kappa shape index (κ3) is 6.09. The Labute approximate surface area is 263 Å². The number of pyridine rings is 1. The highest BCUT2D eigenvalue weighted by Crippen LogP contribution is 2.49. The number of aryl methyl sites for hydroxylation is 1. The Morgan fingerprint density at radius 2 is 1.61 bits per heavy atom. The van der Waals surface area contributed by atoms with E-state index in [1.807, 2.05) is 18.0 Å². The molecule has 2 aromatic heterocycles. The highest BCUT2D eigenvalue weighted by Gasteiger charge is 2.52. The molecule has 0 unspecified atom stereocenters. The van der Waals surface area contributed by atoms with Gasteiger partial charge in [0.05, 0.1) is 22.1 Å². The van der Waals surface area contributed by atoms with E-state index < -0.39 is 23.2 Å². The van der Waals surface area contributed by atoms with Crippen LogP contribution in [0.2, 0.25) is 0 Å². The van der Waals surface area contributed by atoms with Gasteiger partial charge in [-0.3, -0.25) is 9.69 Å². The molecule has 3 amide bonds. The molecule has 0 atom stereocenters. The van der Waals surface area contributed by atoms with Gasteiger partial charge in [0.1, 0.15) is 0 Å². The molecule has 2 fully saturated rings. The van der Waals surface area contributed by atoms with Crippen molar-refractivity contribution in [1.82, 2.24) is 29.9 Å². The molecule has 4 aromatic rings. The average molecular weight is 636 g/mol. The lowest BCUT2D eigenvalue weighted by Gasteiger charge is -2.33. The third-order valence-electron chi connectivity index (χ3n) is 8.84. The van der Waals surface area contributed by atoms with E-state index in [0.29, 0.717) is 54.2 Å². The lowest BCUT2D eigenvalue weighted by Crippen LogP contribution is -2.44. The summed E-state index contributed by atoms with van der Waals surface area (Å²) >= 11 is 0. The quantitative estimate of drug-likeness (QED) is 0.237. The number of benzene rings is 2. The van der Waals surface area contributed by atoms with Crippen molar-refractivity contribution < 1.29 is 22.8 Å². The molecular formula is C32H36F3N9O2. The second-order valence-electron chi connectivity index (χ2n) is 12.0. The van der Waals surface area contributed by atoms with Gasteiger partial charge < -0.3 is 26.6 Å². The first kappa shape index (κ1) is 31.3. The summed E-state index contributed by atoms with van der Waals surface area (Å²) in [7, 11) is 5.33. The topological polar surface area (TPSA) is 133 Å². The predicted octanol–water partition coefficient (Wildman–Crippen LogP) is 4.41. The Hall–Kier alpha value is -4.69. The molecule has 0 bridgehead atoms. The Kier molecular flexibility index (Phi) is 8.11. The number of aromatic nitrogens is 3. The molecule has 2 aromatic carbocycles. The first-order valence-corrected chi connectivity index (χ1v) is 15.0. The zero-order chi connectivity index (χ0) is 32.8. The SMILES string of the molecule is CNC(=O)C1(c2cc(-c3ccc(NC(=O)Nc4ccc(CN5CCN(C)CC5)c(C(F)(F)F)c4)cc3)c3c(N)nn(C)c3n2)CC1. The van der Waals surface area contributed by atoms with E-state index in [-0.39, 0.29) is 23.7 Å². The van der Waals surface area contributed by atoms with Crippen LogP contribution in [0.15, 0.2) is 48.5 Å².